The van der Waals surface area contributed by atoms with E-state index in [1.165, 1.54) is 36.2 Å². The molecule has 0 atom stereocenters. The average Bonchev–Trinajstić information content (AvgIpc) is 2.86. The molecule has 0 bridgehead atoms. The van der Waals surface area contributed by atoms with Crippen molar-refractivity contribution >= 4 is 11.0 Å². The minimum absolute atomic E-state index is 1.01. The van der Waals surface area contributed by atoms with Gasteiger partial charge < -0.3 is 9.88 Å². The van der Waals surface area contributed by atoms with Crippen LogP contribution in [-0.2, 0) is 19.4 Å². The van der Waals surface area contributed by atoms with E-state index in [1.54, 1.807) is 0 Å². The highest BCUT2D eigenvalue weighted by atomic mass is 15.1. The molecule has 1 heterocycles. The molecule has 116 valence electrons. The molecule has 3 heteroatoms. The molecular weight excluding hydrogens is 258 g/mol. The second-order valence-corrected chi connectivity index (χ2v) is 5.71. The van der Waals surface area contributed by atoms with Gasteiger partial charge in [0.05, 0.1) is 11.0 Å². The van der Waals surface area contributed by atoms with Crippen molar-refractivity contribution in [2.45, 2.75) is 59.4 Å². The van der Waals surface area contributed by atoms with Crippen molar-refractivity contribution in [1.29, 1.82) is 0 Å². The second kappa shape index (κ2) is 8.18. The number of aromatic nitrogens is 2. The predicted octanol–water partition coefficient (Wildman–Crippen LogP) is 3.94. The fraction of sp³-hybridized carbons (Fsp3) is 0.611. The minimum atomic E-state index is 1.01. The molecule has 0 fully saturated rings. The van der Waals surface area contributed by atoms with Crippen LogP contribution < -0.4 is 5.32 Å². The smallest absolute Gasteiger partial charge is 0.111 e. The van der Waals surface area contributed by atoms with Crippen LogP contribution in [0.2, 0.25) is 0 Å². The van der Waals surface area contributed by atoms with Crippen LogP contribution in [0.15, 0.2) is 18.2 Å². The molecule has 2 rings (SSSR count). The molecule has 0 amide bonds. The van der Waals surface area contributed by atoms with Gasteiger partial charge in [0.25, 0.3) is 0 Å². The quantitative estimate of drug-likeness (QED) is 0.708. The maximum Gasteiger partial charge on any atom is 0.111 e. The zero-order valence-electron chi connectivity index (χ0n) is 13.8. The standard InChI is InChI=1S/C18H29N3/c1-4-7-13-21-17-9-8-15(6-3)14-16(17)20-18(21)10-12-19-11-5-2/h8-9,14,19H,4-7,10-13H2,1-3H3. The molecule has 0 aliphatic rings. The number of rotatable bonds is 9. The first kappa shape index (κ1) is 16.0. The lowest BCUT2D eigenvalue weighted by Crippen LogP contribution is -2.19. The third-order valence-corrected chi connectivity index (χ3v) is 3.99. The summed E-state index contributed by atoms with van der Waals surface area (Å²) in [6.07, 6.45) is 5.72. The first-order valence-electron chi connectivity index (χ1n) is 8.48. The molecule has 0 aliphatic carbocycles. The molecule has 1 N–H and O–H groups in total. The van der Waals surface area contributed by atoms with E-state index in [4.69, 9.17) is 4.98 Å². The number of nitrogens with one attached hydrogen (secondary N) is 1. The maximum absolute atomic E-state index is 4.89. The van der Waals surface area contributed by atoms with E-state index in [0.717, 1.165) is 38.0 Å². The van der Waals surface area contributed by atoms with Crippen LogP contribution in [0.4, 0.5) is 0 Å². The monoisotopic (exact) mass is 287 g/mol. The van der Waals surface area contributed by atoms with Crippen molar-refractivity contribution in [3.63, 3.8) is 0 Å². The fourth-order valence-electron chi connectivity index (χ4n) is 2.70. The van der Waals surface area contributed by atoms with Gasteiger partial charge in [-0.2, -0.15) is 0 Å². The summed E-state index contributed by atoms with van der Waals surface area (Å²) in [6, 6.07) is 6.74. The lowest BCUT2D eigenvalue weighted by Gasteiger charge is -2.09. The average molecular weight is 287 g/mol. The van der Waals surface area contributed by atoms with Crippen molar-refractivity contribution < 1.29 is 0 Å². The molecule has 2 aromatic rings. The highest BCUT2D eigenvalue weighted by Gasteiger charge is 2.10. The van der Waals surface area contributed by atoms with Crippen LogP contribution in [0.3, 0.4) is 0 Å². The largest absolute Gasteiger partial charge is 0.328 e. The zero-order valence-corrected chi connectivity index (χ0v) is 13.8. The van der Waals surface area contributed by atoms with Gasteiger partial charge in [0.2, 0.25) is 0 Å². The molecule has 3 nitrogen and oxygen atoms in total. The molecule has 0 unspecified atom stereocenters. The second-order valence-electron chi connectivity index (χ2n) is 5.71. The minimum Gasteiger partial charge on any atom is -0.328 e. The van der Waals surface area contributed by atoms with Gasteiger partial charge in [0, 0.05) is 19.5 Å². The van der Waals surface area contributed by atoms with Crippen molar-refractivity contribution in [2.24, 2.45) is 0 Å². The van der Waals surface area contributed by atoms with Gasteiger partial charge in [-0.15, -0.1) is 0 Å². The predicted molar refractivity (Wildman–Crippen MR) is 90.9 cm³/mol. The Kier molecular flexibility index (Phi) is 6.24. The van der Waals surface area contributed by atoms with Crippen LogP contribution in [-0.4, -0.2) is 22.6 Å². The molecule has 1 aromatic heterocycles. The van der Waals surface area contributed by atoms with Gasteiger partial charge in [0.15, 0.2) is 0 Å². The number of fused-ring (bicyclic) bond motifs is 1. The maximum atomic E-state index is 4.89. The lowest BCUT2D eigenvalue weighted by atomic mass is 10.1. The van der Waals surface area contributed by atoms with E-state index in [0.29, 0.717) is 0 Å². The SMILES string of the molecule is CCCCn1c(CCNCCC)nc2cc(CC)ccc21. The number of benzene rings is 1. The summed E-state index contributed by atoms with van der Waals surface area (Å²) in [5.41, 5.74) is 3.83. The van der Waals surface area contributed by atoms with Gasteiger partial charge in [-0.1, -0.05) is 33.3 Å². The van der Waals surface area contributed by atoms with E-state index in [1.807, 2.05) is 0 Å². The number of aryl methyl sites for hydroxylation is 2. The third-order valence-electron chi connectivity index (χ3n) is 3.99. The van der Waals surface area contributed by atoms with E-state index in [9.17, 15) is 0 Å². The van der Waals surface area contributed by atoms with E-state index >= 15 is 0 Å². The number of unbranched alkanes of at least 4 members (excludes halogenated alkanes) is 1. The molecular formula is C18H29N3. The third kappa shape index (κ3) is 4.07. The Balaban J connectivity index is 2.23. The zero-order chi connectivity index (χ0) is 15.1. The summed E-state index contributed by atoms with van der Waals surface area (Å²) in [5.74, 6) is 1.23. The number of hydrogen-bond donors (Lipinski definition) is 1. The summed E-state index contributed by atoms with van der Waals surface area (Å²) in [7, 11) is 0. The van der Waals surface area contributed by atoms with Crippen LogP contribution in [0.5, 0.6) is 0 Å². The normalized spacial score (nSPS) is 11.4. The highest BCUT2D eigenvalue weighted by molar-refractivity contribution is 5.77. The van der Waals surface area contributed by atoms with Gasteiger partial charge in [0.1, 0.15) is 5.82 Å². The van der Waals surface area contributed by atoms with Crippen LogP contribution in [0.1, 0.15) is 51.4 Å². The van der Waals surface area contributed by atoms with Gasteiger partial charge in [-0.25, -0.2) is 4.98 Å². The van der Waals surface area contributed by atoms with Crippen molar-refractivity contribution in [2.75, 3.05) is 13.1 Å². The van der Waals surface area contributed by atoms with Crippen LogP contribution in [0.25, 0.3) is 11.0 Å². The molecule has 0 saturated heterocycles. The summed E-state index contributed by atoms with van der Waals surface area (Å²) in [6.45, 7) is 9.85. The van der Waals surface area contributed by atoms with Crippen molar-refractivity contribution in [1.82, 2.24) is 14.9 Å². The van der Waals surface area contributed by atoms with Crippen LogP contribution in [0, 0.1) is 0 Å². The number of nitrogens with zero attached hydrogens (tertiary/aromatic N) is 2. The molecule has 0 saturated carbocycles. The molecule has 21 heavy (non-hydrogen) atoms. The van der Waals surface area contributed by atoms with Gasteiger partial charge >= 0.3 is 0 Å². The molecule has 0 radical (unpaired) electrons. The Morgan fingerprint density at radius 3 is 2.67 bits per heavy atom. The first-order chi connectivity index (χ1) is 10.3. The fourth-order valence-corrected chi connectivity index (χ4v) is 2.70. The van der Waals surface area contributed by atoms with Gasteiger partial charge in [-0.3, -0.25) is 0 Å². The van der Waals surface area contributed by atoms with E-state index < -0.39 is 0 Å². The van der Waals surface area contributed by atoms with Crippen molar-refractivity contribution in [3.05, 3.63) is 29.6 Å². The Bertz CT molecular complexity index is 557. The highest BCUT2D eigenvalue weighted by Crippen LogP contribution is 2.19. The lowest BCUT2D eigenvalue weighted by molar-refractivity contribution is 0.594. The summed E-state index contributed by atoms with van der Waals surface area (Å²) >= 11 is 0. The molecule has 0 spiro atoms. The Labute approximate surface area is 128 Å². The summed E-state index contributed by atoms with van der Waals surface area (Å²) in [4.78, 5) is 4.89. The number of hydrogen-bond acceptors (Lipinski definition) is 2. The Hall–Kier alpha value is -1.35. The van der Waals surface area contributed by atoms with Crippen LogP contribution >= 0.6 is 0 Å². The van der Waals surface area contributed by atoms with E-state index in [-0.39, 0.29) is 0 Å². The van der Waals surface area contributed by atoms with Gasteiger partial charge in [-0.05, 0) is 43.5 Å². The Morgan fingerprint density at radius 2 is 1.95 bits per heavy atom. The summed E-state index contributed by atoms with van der Waals surface area (Å²) < 4.78 is 2.42. The topological polar surface area (TPSA) is 29.9 Å². The Morgan fingerprint density at radius 1 is 1.10 bits per heavy atom. The molecule has 0 aliphatic heterocycles. The first-order valence-corrected chi connectivity index (χ1v) is 8.48. The summed E-state index contributed by atoms with van der Waals surface area (Å²) in [5, 5.41) is 3.48. The van der Waals surface area contributed by atoms with E-state index in [2.05, 4.69) is 48.9 Å². The number of imidazole rings is 1. The van der Waals surface area contributed by atoms with Crippen molar-refractivity contribution in [3.8, 4) is 0 Å². The molecule has 1 aromatic carbocycles.